The van der Waals surface area contributed by atoms with E-state index in [1.165, 1.54) is 0 Å². The number of nitrogens with one attached hydrogen (secondary N) is 1. The summed E-state index contributed by atoms with van der Waals surface area (Å²) in [5.41, 5.74) is 0.217. The second-order valence-electron chi connectivity index (χ2n) is 3.77. The number of nitrogens with zero attached hydrogens (tertiary/aromatic N) is 1. The van der Waals surface area contributed by atoms with Gasteiger partial charge in [0.2, 0.25) is 0 Å². The lowest BCUT2D eigenvalue weighted by molar-refractivity contribution is 0.366. The molecule has 0 bridgehead atoms. The zero-order valence-electron chi connectivity index (χ0n) is 6.97. The average Bonchev–Trinajstić information content (AvgIpc) is 2.10. The highest BCUT2D eigenvalue weighted by Crippen LogP contribution is 2.17. The standard InChI is InChI=1S/C7H12N2OS/c1-7(2,3)4-5-8-6(11)10-9-5/h4H2,1-3H3,(H,8,9,11). The van der Waals surface area contributed by atoms with Gasteiger partial charge in [-0.2, -0.15) is 4.98 Å². The Hall–Kier alpha value is -0.640. The second kappa shape index (κ2) is 2.77. The van der Waals surface area contributed by atoms with Gasteiger partial charge in [-0.25, -0.2) is 5.16 Å². The summed E-state index contributed by atoms with van der Waals surface area (Å²) in [5, 5.41) is 2.67. The van der Waals surface area contributed by atoms with Crippen LogP contribution in [-0.4, -0.2) is 10.1 Å². The molecule has 1 rings (SSSR count). The summed E-state index contributed by atoms with van der Waals surface area (Å²) in [4.78, 5) is 4.27. The molecule has 1 aromatic rings. The van der Waals surface area contributed by atoms with Gasteiger partial charge in [-0.3, -0.25) is 0 Å². The number of hydrogen-bond acceptors (Lipinski definition) is 3. The van der Waals surface area contributed by atoms with E-state index >= 15 is 0 Å². The largest absolute Gasteiger partial charge is 0.348 e. The molecule has 1 aromatic heterocycles. The molecule has 0 aromatic carbocycles. The van der Waals surface area contributed by atoms with Crippen molar-refractivity contribution < 1.29 is 4.52 Å². The van der Waals surface area contributed by atoms with Gasteiger partial charge < -0.3 is 4.52 Å². The molecule has 1 N–H and O–H groups in total. The zero-order valence-corrected chi connectivity index (χ0v) is 7.79. The zero-order chi connectivity index (χ0) is 8.48. The summed E-state index contributed by atoms with van der Waals surface area (Å²) in [6.07, 6.45) is 0.854. The molecular weight excluding hydrogens is 160 g/mol. The fraction of sp³-hybridized carbons (Fsp3) is 0.714. The summed E-state index contributed by atoms with van der Waals surface area (Å²) in [7, 11) is 0. The average molecular weight is 172 g/mol. The molecule has 4 heteroatoms. The van der Waals surface area contributed by atoms with Gasteiger partial charge in [0.1, 0.15) is 5.82 Å². The van der Waals surface area contributed by atoms with E-state index in [1.807, 2.05) is 0 Å². The van der Waals surface area contributed by atoms with Crippen LogP contribution in [0, 0.1) is 10.3 Å². The maximum atomic E-state index is 4.79. The molecule has 0 unspecified atom stereocenters. The quantitative estimate of drug-likeness (QED) is 0.661. The minimum atomic E-state index is 0.217. The van der Waals surface area contributed by atoms with Gasteiger partial charge in [-0.1, -0.05) is 20.8 Å². The van der Waals surface area contributed by atoms with Crippen LogP contribution in [0.5, 0.6) is 0 Å². The number of aromatic nitrogens is 2. The van der Waals surface area contributed by atoms with Crippen molar-refractivity contribution in [3.63, 3.8) is 0 Å². The van der Waals surface area contributed by atoms with Gasteiger partial charge in [-0.15, -0.1) is 0 Å². The highest BCUT2D eigenvalue weighted by molar-refractivity contribution is 7.71. The Morgan fingerprint density at radius 1 is 1.55 bits per heavy atom. The number of hydrogen-bond donors (Lipinski definition) is 1. The molecule has 0 fully saturated rings. The minimum Gasteiger partial charge on any atom is -0.348 e. The highest BCUT2D eigenvalue weighted by atomic mass is 32.1. The van der Waals surface area contributed by atoms with Crippen LogP contribution >= 0.6 is 12.2 Å². The van der Waals surface area contributed by atoms with E-state index in [0.717, 1.165) is 12.2 Å². The van der Waals surface area contributed by atoms with Crippen molar-refractivity contribution in [3.8, 4) is 0 Å². The molecule has 0 amide bonds. The van der Waals surface area contributed by atoms with Crippen molar-refractivity contribution in [3.05, 3.63) is 10.7 Å². The molecule has 1 heterocycles. The predicted molar refractivity (Wildman–Crippen MR) is 44.8 cm³/mol. The van der Waals surface area contributed by atoms with Gasteiger partial charge in [-0.05, 0) is 17.6 Å². The van der Waals surface area contributed by atoms with E-state index in [0.29, 0.717) is 0 Å². The number of rotatable bonds is 1. The van der Waals surface area contributed by atoms with Crippen molar-refractivity contribution in [2.45, 2.75) is 27.2 Å². The first kappa shape index (κ1) is 8.46. The lowest BCUT2D eigenvalue weighted by Gasteiger charge is -2.14. The Balaban J connectivity index is 2.73. The SMILES string of the molecule is CC(C)(C)Cc1nc(=S)o[nH]1. The Morgan fingerprint density at radius 2 is 2.18 bits per heavy atom. The molecule has 0 radical (unpaired) electrons. The monoisotopic (exact) mass is 172 g/mol. The Labute approximate surface area is 70.8 Å². The topological polar surface area (TPSA) is 41.8 Å². The molecule has 3 nitrogen and oxygen atoms in total. The lowest BCUT2D eigenvalue weighted by atomic mass is 9.92. The molecule has 0 spiro atoms. The Kier molecular flexibility index (Phi) is 2.13. The molecule has 0 aliphatic carbocycles. The van der Waals surface area contributed by atoms with Gasteiger partial charge in [0.25, 0.3) is 0 Å². The Morgan fingerprint density at radius 3 is 2.55 bits per heavy atom. The van der Waals surface area contributed by atoms with Crippen molar-refractivity contribution in [1.82, 2.24) is 10.1 Å². The van der Waals surface area contributed by atoms with Gasteiger partial charge >= 0.3 is 4.84 Å². The second-order valence-corrected chi connectivity index (χ2v) is 4.12. The van der Waals surface area contributed by atoms with Crippen LogP contribution in [0.4, 0.5) is 0 Å². The fourth-order valence-corrected chi connectivity index (χ4v) is 0.988. The van der Waals surface area contributed by atoms with E-state index in [9.17, 15) is 0 Å². The Bertz CT molecular complexity index is 281. The maximum absolute atomic E-state index is 4.79. The van der Waals surface area contributed by atoms with E-state index < -0.39 is 0 Å². The predicted octanol–water partition coefficient (Wildman–Crippen LogP) is 2.32. The molecule has 0 aliphatic rings. The van der Waals surface area contributed by atoms with Crippen molar-refractivity contribution >= 4 is 12.2 Å². The van der Waals surface area contributed by atoms with Gasteiger partial charge in [0.05, 0.1) is 0 Å². The molecule has 0 saturated carbocycles. The molecule has 11 heavy (non-hydrogen) atoms. The van der Waals surface area contributed by atoms with Crippen LogP contribution in [0.2, 0.25) is 0 Å². The summed E-state index contributed by atoms with van der Waals surface area (Å²) in [6.45, 7) is 6.41. The third-order valence-corrected chi connectivity index (χ3v) is 1.35. The lowest BCUT2D eigenvalue weighted by Crippen LogP contribution is -2.10. The highest BCUT2D eigenvalue weighted by Gasteiger charge is 2.13. The van der Waals surface area contributed by atoms with Crippen molar-refractivity contribution in [2.75, 3.05) is 0 Å². The van der Waals surface area contributed by atoms with Crippen molar-refractivity contribution in [2.24, 2.45) is 5.41 Å². The van der Waals surface area contributed by atoms with E-state index in [4.69, 9.17) is 16.7 Å². The molecule has 0 atom stereocenters. The van der Waals surface area contributed by atoms with Crippen LogP contribution < -0.4 is 0 Å². The summed E-state index contributed by atoms with van der Waals surface area (Å²) >= 11 is 4.71. The van der Waals surface area contributed by atoms with E-state index in [1.54, 1.807) is 0 Å². The first-order chi connectivity index (χ1) is 4.97. The van der Waals surface area contributed by atoms with Gasteiger partial charge in [0.15, 0.2) is 0 Å². The van der Waals surface area contributed by atoms with Crippen LogP contribution in [0.3, 0.4) is 0 Å². The summed E-state index contributed by atoms with van der Waals surface area (Å²) in [6, 6.07) is 0. The van der Waals surface area contributed by atoms with Crippen LogP contribution in [0.25, 0.3) is 0 Å². The van der Waals surface area contributed by atoms with Crippen LogP contribution in [0.15, 0.2) is 4.52 Å². The van der Waals surface area contributed by atoms with E-state index in [-0.39, 0.29) is 10.3 Å². The third-order valence-electron chi connectivity index (χ3n) is 1.18. The molecule has 62 valence electrons. The third kappa shape index (κ3) is 2.84. The smallest absolute Gasteiger partial charge is 0.314 e. The normalized spacial score (nSPS) is 11.9. The minimum absolute atomic E-state index is 0.217. The fourth-order valence-electron chi connectivity index (χ4n) is 0.836. The van der Waals surface area contributed by atoms with Crippen LogP contribution in [0.1, 0.15) is 26.6 Å². The summed E-state index contributed by atoms with van der Waals surface area (Å²) in [5.74, 6) is 0.822. The molecular formula is C7H12N2OS. The summed E-state index contributed by atoms with van der Waals surface area (Å²) < 4.78 is 4.79. The van der Waals surface area contributed by atoms with Crippen LogP contribution in [-0.2, 0) is 6.42 Å². The van der Waals surface area contributed by atoms with Crippen molar-refractivity contribution in [1.29, 1.82) is 0 Å². The molecule has 0 aliphatic heterocycles. The number of aromatic amines is 1. The number of H-pyrrole nitrogens is 1. The molecule has 0 saturated heterocycles. The first-order valence-corrected chi connectivity index (χ1v) is 3.92. The van der Waals surface area contributed by atoms with E-state index in [2.05, 4.69) is 30.9 Å². The maximum Gasteiger partial charge on any atom is 0.314 e. The first-order valence-electron chi connectivity index (χ1n) is 3.52. The van der Waals surface area contributed by atoms with Gasteiger partial charge in [0, 0.05) is 6.42 Å².